The van der Waals surface area contributed by atoms with Crippen LogP contribution in [0, 0.1) is 5.92 Å². The highest BCUT2D eigenvalue weighted by molar-refractivity contribution is 5.70. The molecule has 0 aromatic heterocycles. The first kappa shape index (κ1) is 26.9. The Morgan fingerprint density at radius 1 is 0.643 bits per heavy atom. The fourth-order valence-electron chi connectivity index (χ4n) is 3.44. The molecule has 0 aliphatic heterocycles. The summed E-state index contributed by atoms with van der Waals surface area (Å²) in [5.74, 6) is 0.375. The summed E-state index contributed by atoms with van der Waals surface area (Å²) in [5, 5.41) is 0. The minimum Gasteiger partial charge on any atom is -0.463 e. The summed E-state index contributed by atoms with van der Waals surface area (Å²) in [6, 6.07) is 0. The van der Waals surface area contributed by atoms with Crippen molar-refractivity contribution >= 4 is 11.9 Å². The van der Waals surface area contributed by atoms with Gasteiger partial charge in [-0.3, -0.25) is 9.59 Å². The molecule has 0 aromatic rings. The molecule has 0 rings (SSSR count). The van der Waals surface area contributed by atoms with E-state index < -0.39 is 0 Å². The van der Waals surface area contributed by atoms with Crippen LogP contribution in [0.5, 0.6) is 0 Å². The zero-order valence-corrected chi connectivity index (χ0v) is 19.3. The van der Waals surface area contributed by atoms with Gasteiger partial charge in [0.1, 0.15) is 0 Å². The van der Waals surface area contributed by atoms with Crippen LogP contribution in [0.15, 0.2) is 0 Å². The van der Waals surface area contributed by atoms with Crippen molar-refractivity contribution in [2.45, 2.75) is 137 Å². The Bertz CT molecular complexity index is 390. The third-order valence-electron chi connectivity index (χ3n) is 5.01. The van der Waals surface area contributed by atoms with E-state index in [2.05, 4.69) is 6.92 Å². The van der Waals surface area contributed by atoms with Gasteiger partial charge in [-0.1, -0.05) is 71.1 Å². The molecule has 0 aliphatic rings. The highest BCUT2D eigenvalue weighted by Gasteiger charge is 2.14. The smallest absolute Gasteiger partial charge is 0.306 e. The van der Waals surface area contributed by atoms with E-state index in [4.69, 9.17) is 9.47 Å². The number of carbonyl (C=O) groups is 2. The number of unbranched alkanes of at least 4 members (excludes halogenated alkanes) is 9. The molecule has 1 unspecified atom stereocenters. The zero-order valence-electron chi connectivity index (χ0n) is 19.3. The molecular weight excluding hydrogens is 352 g/mol. The molecule has 0 radical (unpaired) electrons. The molecule has 166 valence electrons. The van der Waals surface area contributed by atoms with Crippen LogP contribution in [-0.4, -0.2) is 24.1 Å². The minimum atomic E-state index is -0.0582. The number of esters is 2. The van der Waals surface area contributed by atoms with Crippen molar-refractivity contribution in [1.82, 2.24) is 0 Å². The summed E-state index contributed by atoms with van der Waals surface area (Å²) in [4.78, 5) is 23.2. The molecule has 4 nitrogen and oxygen atoms in total. The summed E-state index contributed by atoms with van der Waals surface area (Å²) in [6.45, 7) is 9.76. The van der Waals surface area contributed by atoms with Gasteiger partial charge in [0.2, 0.25) is 0 Å². The molecular formula is C24H46O4. The Labute approximate surface area is 174 Å². The second kappa shape index (κ2) is 18.0. The Kier molecular flexibility index (Phi) is 17.3. The van der Waals surface area contributed by atoms with Gasteiger partial charge in [0.15, 0.2) is 0 Å². The summed E-state index contributed by atoms with van der Waals surface area (Å²) in [6.07, 6.45) is 15.6. The third-order valence-corrected chi connectivity index (χ3v) is 5.01. The maximum atomic E-state index is 11.8. The van der Waals surface area contributed by atoms with Crippen LogP contribution in [0.1, 0.15) is 125 Å². The second-order valence-electron chi connectivity index (χ2n) is 8.63. The quantitative estimate of drug-likeness (QED) is 0.184. The van der Waals surface area contributed by atoms with Gasteiger partial charge < -0.3 is 9.47 Å². The van der Waals surface area contributed by atoms with E-state index in [0.717, 1.165) is 25.7 Å². The maximum absolute atomic E-state index is 11.8. The molecule has 0 saturated carbocycles. The average molecular weight is 399 g/mol. The molecule has 0 heterocycles. The van der Waals surface area contributed by atoms with E-state index in [1.165, 1.54) is 51.4 Å². The standard InChI is InChI=1S/C24H46O4/c1-6-22(19-24(26)28-21(4)5)17-15-13-11-9-7-8-10-12-14-16-18-23(25)27-20(2)3/h20-22H,6-19H2,1-5H3. The van der Waals surface area contributed by atoms with Gasteiger partial charge in [-0.2, -0.15) is 0 Å². The van der Waals surface area contributed by atoms with Gasteiger partial charge in [0, 0.05) is 12.8 Å². The van der Waals surface area contributed by atoms with Gasteiger partial charge in [-0.15, -0.1) is 0 Å². The number of hydrogen-bond acceptors (Lipinski definition) is 4. The van der Waals surface area contributed by atoms with Gasteiger partial charge >= 0.3 is 11.9 Å². The van der Waals surface area contributed by atoms with Gasteiger partial charge in [-0.05, 0) is 46.5 Å². The first-order chi connectivity index (χ1) is 13.3. The van der Waals surface area contributed by atoms with Gasteiger partial charge in [0.25, 0.3) is 0 Å². The Hall–Kier alpha value is -1.06. The van der Waals surface area contributed by atoms with E-state index in [1.807, 2.05) is 27.7 Å². The highest BCUT2D eigenvalue weighted by Crippen LogP contribution is 2.19. The largest absolute Gasteiger partial charge is 0.463 e. The lowest BCUT2D eigenvalue weighted by Gasteiger charge is -2.15. The summed E-state index contributed by atoms with van der Waals surface area (Å²) < 4.78 is 10.4. The van der Waals surface area contributed by atoms with Crippen molar-refractivity contribution in [2.75, 3.05) is 0 Å². The average Bonchev–Trinajstić information content (AvgIpc) is 2.60. The predicted octanol–water partition coefficient (Wildman–Crippen LogP) is 6.99. The van der Waals surface area contributed by atoms with Crippen LogP contribution in [0.4, 0.5) is 0 Å². The monoisotopic (exact) mass is 398 g/mol. The molecule has 0 aliphatic carbocycles. The Morgan fingerprint density at radius 2 is 1.07 bits per heavy atom. The van der Waals surface area contributed by atoms with E-state index >= 15 is 0 Å². The molecule has 1 atom stereocenters. The van der Waals surface area contributed by atoms with Gasteiger partial charge in [0.05, 0.1) is 12.2 Å². The SMILES string of the molecule is CCC(CCCCCCCCCCCCC(=O)OC(C)C)CC(=O)OC(C)C. The number of rotatable bonds is 18. The lowest BCUT2D eigenvalue weighted by molar-refractivity contribution is -0.149. The summed E-state index contributed by atoms with van der Waals surface area (Å²) in [5.41, 5.74) is 0. The van der Waals surface area contributed by atoms with E-state index in [0.29, 0.717) is 18.8 Å². The molecule has 4 heteroatoms. The Morgan fingerprint density at radius 3 is 1.54 bits per heavy atom. The van der Waals surface area contributed by atoms with Crippen LogP contribution < -0.4 is 0 Å². The van der Waals surface area contributed by atoms with Crippen molar-refractivity contribution in [3.05, 3.63) is 0 Å². The van der Waals surface area contributed by atoms with Crippen molar-refractivity contribution < 1.29 is 19.1 Å². The maximum Gasteiger partial charge on any atom is 0.306 e. The minimum absolute atomic E-state index is 0.00161. The normalized spacial score (nSPS) is 12.4. The van der Waals surface area contributed by atoms with Crippen LogP contribution in [0.25, 0.3) is 0 Å². The first-order valence-corrected chi connectivity index (χ1v) is 11.7. The third kappa shape index (κ3) is 18.3. The van der Waals surface area contributed by atoms with Gasteiger partial charge in [-0.25, -0.2) is 0 Å². The van der Waals surface area contributed by atoms with E-state index in [9.17, 15) is 9.59 Å². The first-order valence-electron chi connectivity index (χ1n) is 11.7. The van der Waals surface area contributed by atoms with Crippen molar-refractivity contribution in [3.63, 3.8) is 0 Å². The summed E-state index contributed by atoms with van der Waals surface area (Å²) >= 11 is 0. The predicted molar refractivity (Wildman–Crippen MR) is 116 cm³/mol. The number of ether oxygens (including phenoxy) is 2. The van der Waals surface area contributed by atoms with Crippen molar-refractivity contribution in [3.8, 4) is 0 Å². The lowest BCUT2D eigenvalue weighted by Crippen LogP contribution is -2.15. The molecule has 0 bridgehead atoms. The van der Waals surface area contributed by atoms with E-state index in [1.54, 1.807) is 0 Å². The van der Waals surface area contributed by atoms with Crippen molar-refractivity contribution in [1.29, 1.82) is 0 Å². The molecule has 0 amide bonds. The Balaban J connectivity index is 3.42. The molecule has 28 heavy (non-hydrogen) atoms. The zero-order chi connectivity index (χ0) is 21.2. The number of hydrogen-bond donors (Lipinski definition) is 0. The molecule has 0 N–H and O–H groups in total. The molecule has 0 spiro atoms. The van der Waals surface area contributed by atoms with Crippen LogP contribution in [0.3, 0.4) is 0 Å². The molecule has 0 fully saturated rings. The fourth-order valence-corrected chi connectivity index (χ4v) is 3.44. The van der Waals surface area contributed by atoms with E-state index in [-0.39, 0.29) is 24.1 Å². The molecule has 0 aromatic carbocycles. The number of carbonyl (C=O) groups excluding carboxylic acids is 2. The topological polar surface area (TPSA) is 52.6 Å². The molecule has 0 saturated heterocycles. The van der Waals surface area contributed by atoms with Crippen LogP contribution in [-0.2, 0) is 19.1 Å². The summed E-state index contributed by atoms with van der Waals surface area (Å²) in [7, 11) is 0. The lowest BCUT2D eigenvalue weighted by atomic mass is 9.95. The van der Waals surface area contributed by atoms with Crippen LogP contribution in [0.2, 0.25) is 0 Å². The van der Waals surface area contributed by atoms with Crippen LogP contribution >= 0.6 is 0 Å². The van der Waals surface area contributed by atoms with Crippen molar-refractivity contribution in [2.24, 2.45) is 5.92 Å². The second-order valence-corrected chi connectivity index (χ2v) is 8.63. The fraction of sp³-hybridized carbons (Fsp3) is 0.917. The highest BCUT2D eigenvalue weighted by atomic mass is 16.5.